The molecule has 2 rings (SSSR count). The van der Waals surface area contributed by atoms with E-state index >= 15 is 0 Å². The minimum Gasteiger partial charge on any atom is -0.479 e. The topological polar surface area (TPSA) is 57.6 Å². The zero-order valence-corrected chi connectivity index (χ0v) is 5.73. The summed E-state index contributed by atoms with van der Waals surface area (Å²) in [7, 11) is 0. The van der Waals surface area contributed by atoms with Gasteiger partial charge in [0.2, 0.25) is 5.91 Å². The molecule has 0 saturated carbocycles. The first kappa shape index (κ1) is 6.39. The molecule has 58 valence electrons. The Morgan fingerprint density at radius 3 is 2.82 bits per heavy atom. The molecule has 0 spiro atoms. The maximum Gasteiger partial charge on any atom is 0.330 e. The van der Waals surface area contributed by atoms with E-state index in [1.807, 2.05) is 0 Å². The standard InChI is InChI=1S/C7H7NO3/c9-6-3-4-1-2-5(7(10)11)8(4)6/h1-2,4-5H,3H2,(H,10,11). The monoisotopic (exact) mass is 153 g/mol. The number of hydrogen-bond donors (Lipinski definition) is 1. The minimum absolute atomic E-state index is 0.0589. The van der Waals surface area contributed by atoms with Crippen molar-refractivity contribution in [3.63, 3.8) is 0 Å². The van der Waals surface area contributed by atoms with Crippen LogP contribution < -0.4 is 0 Å². The molecule has 2 unspecified atom stereocenters. The fourth-order valence-electron chi connectivity index (χ4n) is 1.50. The lowest BCUT2D eigenvalue weighted by molar-refractivity contribution is -0.155. The summed E-state index contributed by atoms with van der Waals surface area (Å²) in [6, 6.07) is -0.648. The highest BCUT2D eigenvalue weighted by atomic mass is 16.4. The number of carbonyl (C=O) groups is 2. The average molecular weight is 153 g/mol. The van der Waals surface area contributed by atoms with Crippen molar-refractivity contribution in [3.8, 4) is 0 Å². The van der Waals surface area contributed by atoms with Gasteiger partial charge in [-0.15, -0.1) is 0 Å². The maximum atomic E-state index is 10.8. The van der Waals surface area contributed by atoms with Crippen molar-refractivity contribution in [1.29, 1.82) is 0 Å². The van der Waals surface area contributed by atoms with Gasteiger partial charge in [0.25, 0.3) is 0 Å². The average Bonchev–Trinajstić information content (AvgIpc) is 2.25. The second kappa shape index (κ2) is 1.84. The Morgan fingerprint density at radius 2 is 2.36 bits per heavy atom. The minimum atomic E-state index is -0.947. The number of hydrogen-bond acceptors (Lipinski definition) is 2. The van der Waals surface area contributed by atoms with Gasteiger partial charge in [0, 0.05) is 0 Å². The van der Waals surface area contributed by atoms with E-state index in [9.17, 15) is 9.59 Å². The fourth-order valence-corrected chi connectivity index (χ4v) is 1.50. The Morgan fingerprint density at radius 1 is 1.64 bits per heavy atom. The normalized spacial score (nSPS) is 33.5. The molecule has 2 aliphatic heterocycles. The summed E-state index contributed by atoms with van der Waals surface area (Å²) in [5.41, 5.74) is 0. The van der Waals surface area contributed by atoms with Crippen molar-refractivity contribution >= 4 is 11.9 Å². The van der Waals surface area contributed by atoms with Crippen molar-refractivity contribution in [3.05, 3.63) is 12.2 Å². The number of fused-ring (bicyclic) bond motifs is 1. The van der Waals surface area contributed by atoms with E-state index in [0.29, 0.717) is 6.42 Å². The Bertz CT molecular complexity index is 258. The Kier molecular flexibility index (Phi) is 1.07. The molecule has 2 aliphatic rings. The summed E-state index contributed by atoms with van der Waals surface area (Å²) < 4.78 is 0. The van der Waals surface area contributed by atoms with E-state index in [1.165, 1.54) is 4.90 Å². The predicted molar refractivity (Wildman–Crippen MR) is 35.8 cm³/mol. The molecule has 0 aromatic heterocycles. The second-order valence-corrected chi connectivity index (χ2v) is 2.74. The number of carboxylic acids is 1. The first-order valence-corrected chi connectivity index (χ1v) is 3.42. The van der Waals surface area contributed by atoms with Crippen LogP contribution in [0.2, 0.25) is 0 Å². The molecule has 1 fully saturated rings. The van der Waals surface area contributed by atoms with Crippen molar-refractivity contribution in [2.24, 2.45) is 0 Å². The number of nitrogens with zero attached hydrogens (tertiary/aromatic N) is 1. The zero-order valence-electron chi connectivity index (χ0n) is 5.73. The van der Waals surface area contributed by atoms with Crippen LogP contribution in [-0.2, 0) is 9.59 Å². The van der Waals surface area contributed by atoms with E-state index in [4.69, 9.17) is 5.11 Å². The summed E-state index contributed by atoms with van der Waals surface area (Å²) in [6.07, 6.45) is 3.82. The van der Waals surface area contributed by atoms with Gasteiger partial charge >= 0.3 is 5.97 Å². The van der Waals surface area contributed by atoms with Gasteiger partial charge in [0.15, 0.2) is 0 Å². The predicted octanol–water partition coefficient (Wildman–Crippen LogP) is -0.390. The molecule has 0 aliphatic carbocycles. The quantitative estimate of drug-likeness (QED) is 0.412. The van der Waals surface area contributed by atoms with Crippen LogP contribution in [-0.4, -0.2) is 34.0 Å². The van der Waals surface area contributed by atoms with Crippen LogP contribution in [0.25, 0.3) is 0 Å². The van der Waals surface area contributed by atoms with Crippen LogP contribution in [0.5, 0.6) is 0 Å². The highest BCUT2D eigenvalue weighted by molar-refractivity contribution is 5.91. The van der Waals surface area contributed by atoms with E-state index < -0.39 is 12.0 Å². The first-order valence-electron chi connectivity index (χ1n) is 3.42. The third-order valence-electron chi connectivity index (χ3n) is 2.10. The molecule has 0 radical (unpaired) electrons. The van der Waals surface area contributed by atoms with Crippen molar-refractivity contribution in [1.82, 2.24) is 4.90 Å². The van der Waals surface area contributed by atoms with E-state index in [-0.39, 0.29) is 11.9 Å². The largest absolute Gasteiger partial charge is 0.479 e. The Balaban J connectivity index is 2.20. The maximum absolute atomic E-state index is 10.8. The molecular formula is C7H7NO3. The fraction of sp³-hybridized carbons (Fsp3) is 0.429. The van der Waals surface area contributed by atoms with Crippen molar-refractivity contribution in [2.45, 2.75) is 18.5 Å². The van der Waals surface area contributed by atoms with Gasteiger partial charge in [-0.1, -0.05) is 12.2 Å². The molecule has 0 aromatic rings. The molecule has 2 atom stereocenters. The molecule has 2 heterocycles. The van der Waals surface area contributed by atoms with Gasteiger partial charge in [0.1, 0.15) is 6.04 Å². The number of carbonyl (C=O) groups excluding carboxylic acids is 1. The third-order valence-corrected chi connectivity index (χ3v) is 2.10. The van der Waals surface area contributed by atoms with Crippen LogP contribution in [0.4, 0.5) is 0 Å². The summed E-state index contributed by atoms with van der Waals surface area (Å²) in [4.78, 5) is 22.7. The molecule has 4 heteroatoms. The SMILES string of the molecule is O=C(O)C1C=CC2CC(=O)N21. The van der Waals surface area contributed by atoms with Gasteiger partial charge in [-0.25, -0.2) is 4.79 Å². The molecular weight excluding hydrogens is 146 g/mol. The number of amides is 1. The summed E-state index contributed by atoms with van der Waals surface area (Å²) in [5, 5.41) is 8.61. The van der Waals surface area contributed by atoms with Crippen molar-refractivity contribution in [2.75, 3.05) is 0 Å². The number of aliphatic carboxylic acids is 1. The molecule has 0 bridgehead atoms. The first-order chi connectivity index (χ1) is 5.20. The van der Waals surface area contributed by atoms with Gasteiger partial charge < -0.3 is 10.0 Å². The summed E-state index contributed by atoms with van der Waals surface area (Å²) in [6.45, 7) is 0. The lowest BCUT2D eigenvalue weighted by atomic mass is 10.0. The summed E-state index contributed by atoms with van der Waals surface area (Å²) in [5.74, 6) is -1.01. The smallest absolute Gasteiger partial charge is 0.330 e. The molecule has 1 N–H and O–H groups in total. The highest BCUT2D eigenvalue weighted by Gasteiger charge is 2.44. The number of β-lactam (4-membered cyclic amide) rings is 1. The van der Waals surface area contributed by atoms with Gasteiger partial charge in [-0.05, 0) is 0 Å². The Labute approximate surface area is 63.1 Å². The van der Waals surface area contributed by atoms with Gasteiger partial charge in [-0.2, -0.15) is 0 Å². The molecule has 4 nitrogen and oxygen atoms in total. The van der Waals surface area contributed by atoms with Gasteiger partial charge in [-0.3, -0.25) is 4.79 Å². The zero-order chi connectivity index (χ0) is 8.01. The third kappa shape index (κ3) is 0.691. The number of rotatable bonds is 1. The summed E-state index contributed by atoms with van der Waals surface area (Å²) >= 11 is 0. The van der Waals surface area contributed by atoms with E-state index in [0.717, 1.165) is 0 Å². The van der Waals surface area contributed by atoms with E-state index in [2.05, 4.69) is 0 Å². The van der Waals surface area contributed by atoms with Crippen LogP contribution in [0, 0.1) is 0 Å². The van der Waals surface area contributed by atoms with Crippen LogP contribution >= 0.6 is 0 Å². The van der Waals surface area contributed by atoms with Crippen molar-refractivity contribution < 1.29 is 14.7 Å². The Hall–Kier alpha value is -1.32. The lowest BCUT2D eigenvalue weighted by Gasteiger charge is -2.36. The molecule has 0 aromatic carbocycles. The molecule has 1 amide bonds. The lowest BCUT2D eigenvalue weighted by Crippen LogP contribution is -2.54. The molecule has 1 saturated heterocycles. The van der Waals surface area contributed by atoms with Crippen LogP contribution in [0.1, 0.15) is 6.42 Å². The van der Waals surface area contributed by atoms with E-state index in [1.54, 1.807) is 12.2 Å². The highest BCUT2D eigenvalue weighted by Crippen LogP contribution is 2.29. The second-order valence-electron chi connectivity index (χ2n) is 2.74. The number of carboxylic acid groups (broad SMARTS) is 1. The molecule has 11 heavy (non-hydrogen) atoms. The van der Waals surface area contributed by atoms with Crippen LogP contribution in [0.15, 0.2) is 12.2 Å². The van der Waals surface area contributed by atoms with Crippen LogP contribution in [0.3, 0.4) is 0 Å². The van der Waals surface area contributed by atoms with Gasteiger partial charge in [0.05, 0.1) is 12.5 Å².